The van der Waals surface area contributed by atoms with Gasteiger partial charge in [0.1, 0.15) is 12.4 Å². The molecule has 13 heteroatoms. The first-order valence-corrected chi connectivity index (χ1v) is 26.6. The standard InChI is InChI=1S/C33H36N2O4.C31H34N4O3/c1-19(2)25-8-7-9-26-28(18-39-30(25)26)34-31(36)23-12-15-29-27(16-23)20(3)21(4)35(29)17-22-10-13-24(14-11-22)33(5,6)32(37)38;1-18-20(3)35(17-21-6-11-24(12-7-21)31(4,5)30(37)38)28-13-10-23(14-25(18)28)29(36)33-19(2)26-15-32-16-27(34-26)22-8-9-22/h7-16,19,28H,17-18H2,1-6H3,(H,34,36)(H,37,38);6-7,10-16,19,22H,8-9,17H2,1-5H3,(H,33,36)(H,37,38)/t28-;19-/m00/s1. The van der Waals surface area contributed by atoms with Gasteiger partial charge in [-0.25, -0.2) is 0 Å². The summed E-state index contributed by atoms with van der Waals surface area (Å²) in [6.07, 6.45) is 5.87. The van der Waals surface area contributed by atoms with Crippen molar-refractivity contribution in [1.29, 1.82) is 0 Å². The number of carbonyl (C=O) groups excluding carboxylic acids is 2. The minimum atomic E-state index is -0.939. The normalized spacial score (nSPS) is 14.7. The zero-order valence-corrected chi connectivity index (χ0v) is 46.0. The molecule has 0 unspecified atom stereocenters. The second-order valence-electron chi connectivity index (χ2n) is 22.4. The van der Waals surface area contributed by atoms with E-state index in [1.54, 1.807) is 33.9 Å². The summed E-state index contributed by atoms with van der Waals surface area (Å²) in [5, 5.41) is 27.4. The first-order chi connectivity index (χ1) is 36.5. The fraction of sp³-hybridized carbons (Fsp3) is 0.344. The number of fused-ring (bicyclic) bond motifs is 3. The molecule has 1 aliphatic heterocycles. The van der Waals surface area contributed by atoms with E-state index >= 15 is 0 Å². The van der Waals surface area contributed by atoms with Crippen LogP contribution in [0.4, 0.5) is 0 Å². The Morgan fingerprint density at radius 3 is 1.66 bits per heavy atom. The van der Waals surface area contributed by atoms with Crippen molar-refractivity contribution in [3.8, 4) is 5.75 Å². The van der Waals surface area contributed by atoms with Gasteiger partial charge >= 0.3 is 11.9 Å². The number of carbonyl (C=O) groups is 4. The molecule has 1 aliphatic carbocycles. The van der Waals surface area contributed by atoms with Crippen LogP contribution >= 0.6 is 0 Å². The molecule has 4 N–H and O–H groups in total. The number of aromatic nitrogens is 4. The van der Waals surface area contributed by atoms with E-state index in [-0.39, 0.29) is 23.9 Å². The number of aryl methyl sites for hydroxylation is 2. The van der Waals surface area contributed by atoms with Gasteiger partial charge in [0.05, 0.1) is 40.5 Å². The number of rotatable bonds is 15. The summed E-state index contributed by atoms with van der Waals surface area (Å²) in [7, 11) is 0. The predicted octanol–water partition coefficient (Wildman–Crippen LogP) is 12.5. The van der Waals surface area contributed by atoms with Crippen LogP contribution in [-0.4, -0.2) is 59.7 Å². The molecule has 398 valence electrons. The van der Waals surface area contributed by atoms with E-state index in [1.165, 1.54) is 5.56 Å². The number of carboxylic acid groups (broad SMARTS) is 2. The Balaban J connectivity index is 0.000000188. The van der Waals surface area contributed by atoms with E-state index in [0.717, 1.165) is 102 Å². The monoisotopic (exact) mass is 1030 g/mol. The third-order valence-corrected chi connectivity index (χ3v) is 16.1. The van der Waals surface area contributed by atoms with Crippen molar-refractivity contribution in [2.24, 2.45) is 0 Å². The third-order valence-electron chi connectivity index (χ3n) is 16.1. The topological polar surface area (TPSA) is 178 Å². The van der Waals surface area contributed by atoms with Crippen molar-refractivity contribution >= 4 is 45.6 Å². The molecule has 0 bridgehead atoms. The van der Waals surface area contributed by atoms with E-state index in [4.69, 9.17) is 9.72 Å². The summed E-state index contributed by atoms with van der Waals surface area (Å²) in [6.45, 7) is 23.2. The van der Waals surface area contributed by atoms with Gasteiger partial charge in [0.25, 0.3) is 11.8 Å². The number of hydrogen-bond acceptors (Lipinski definition) is 7. The van der Waals surface area contributed by atoms with Crippen molar-refractivity contribution in [2.45, 2.75) is 137 Å². The Kier molecular flexibility index (Phi) is 14.8. The van der Waals surface area contributed by atoms with Gasteiger partial charge in [-0.2, -0.15) is 0 Å². The molecule has 3 aromatic heterocycles. The fourth-order valence-electron chi connectivity index (χ4n) is 10.3. The Bertz CT molecular complexity index is 3580. The highest BCUT2D eigenvalue weighted by Crippen LogP contribution is 2.40. The number of benzene rings is 5. The lowest BCUT2D eigenvalue weighted by atomic mass is 9.84. The number of aliphatic carboxylic acids is 2. The van der Waals surface area contributed by atoms with Gasteiger partial charge in [-0.1, -0.05) is 80.6 Å². The quantitative estimate of drug-likeness (QED) is 0.0778. The third kappa shape index (κ3) is 10.7. The number of nitrogens with one attached hydrogen (secondary N) is 2. The lowest BCUT2D eigenvalue weighted by Gasteiger charge is -2.20. The van der Waals surface area contributed by atoms with Crippen LogP contribution in [-0.2, 0) is 33.5 Å². The maximum absolute atomic E-state index is 13.3. The molecule has 0 radical (unpaired) electrons. The molecule has 13 nitrogen and oxygen atoms in total. The maximum Gasteiger partial charge on any atom is 0.313 e. The highest BCUT2D eigenvalue weighted by molar-refractivity contribution is 6.00. The largest absolute Gasteiger partial charge is 0.490 e. The summed E-state index contributed by atoms with van der Waals surface area (Å²) in [6, 6.07) is 33.0. The Morgan fingerprint density at radius 1 is 0.675 bits per heavy atom. The van der Waals surface area contributed by atoms with Gasteiger partial charge in [-0.05, 0) is 156 Å². The molecule has 1 fully saturated rings. The maximum atomic E-state index is 13.3. The number of ether oxygens (including phenoxy) is 1. The van der Waals surface area contributed by atoms with Crippen molar-refractivity contribution in [2.75, 3.05) is 6.61 Å². The number of carboxylic acids is 2. The number of nitrogens with zero attached hydrogens (tertiary/aromatic N) is 4. The Labute approximate surface area is 450 Å². The highest BCUT2D eigenvalue weighted by atomic mass is 16.5. The Morgan fingerprint density at radius 2 is 1.18 bits per heavy atom. The molecule has 5 aromatic carbocycles. The predicted molar refractivity (Wildman–Crippen MR) is 301 cm³/mol. The van der Waals surface area contributed by atoms with E-state index < -0.39 is 22.8 Å². The second-order valence-corrected chi connectivity index (χ2v) is 22.4. The number of hydrogen-bond donors (Lipinski definition) is 4. The van der Waals surface area contributed by atoms with E-state index in [9.17, 15) is 29.4 Å². The molecule has 0 saturated heterocycles. The molecule has 2 atom stereocenters. The van der Waals surface area contributed by atoms with Gasteiger partial charge in [0.2, 0.25) is 0 Å². The number of amides is 2. The molecule has 8 aromatic rings. The summed E-state index contributed by atoms with van der Waals surface area (Å²) in [5.41, 5.74) is 13.7. The molecule has 4 heterocycles. The lowest BCUT2D eigenvalue weighted by Crippen LogP contribution is -2.29. The zero-order valence-electron chi connectivity index (χ0n) is 46.0. The average Bonchev–Trinajstić information content (AvgIpc) is 4.14. The van der Waals surface area contributed by atoms with Crippen LogP contribution in [0.3, 0.4) is 0 Å². The molecule has 0 spiro atoms. The van der Waals surface area contributed by atoms with Crippen LogP contribution in [0.15, 0.2) is 116 Å². The van der Waals surface area contributed by atoms with E-state index in [0.29, 0.717) is 42.7 Å². The van der Waals surface area contributed by atoms with E-state index in [1.807, 2.05) is 110 Å². The smallest absolute Gasteiger partial charge is 0.313 e. The van der Waals surface area contributed by atoms with Crippen LogP contribution in [0.5, 0.6) is 5.75 Å². The zero-order chi connectivity index (χ0) is 55.2. The molecule has 1 saturated carbocycles. The fourth-order valence-corrected chi connectivity index (χ4v) is 10.3. The molecular weight excluding hydrogens is 965 g/mol. The van der Waals surface area contributed by atoms with Gasteiger partial charge in [0.15, 0.2) is 0 Å². The molecule has 10 rings (SSSR count). The van der Waals surface area contributed by atoms with Crippen molar-refractivity contribution in [3.63, 3.8) is 0 Å². The van der Waals surface area contributed by atoms with Crippen LogP contribution in [0, 0.1) is 27.7 Å². The van der Waals surface area contributed by atoms with Gasteiger partial charge < -0.3 is 34.7 Å². The molecule has 2 aliphatic rings. The first-order valence-electron chi connectivity index (χ1n) is 26.6. The summed E-state index contributed by atoms with van der Waals surface area (Å²) < 4.78 is 10.5. The summed E-state index contributed by atoms with van der Waals surface area (Å²) >= 11 is 0. The first kappa shape index (κ1) is 53.8. The summed E-state index contributed by atoms with van der Waals surface area (Å²) in [4.78, 5) is 58.7. The van der Waals surface area contributed by atoms with E-state index in [2.05, 4.69) is 72.4 Å². The molecule has 77 heavy (non-hydrogen) atoms. The second kappa shape index (κ2) is 21.2. The van der Waals surface area contributed by atoms with Gasteiger partial charge in [0, 0.05) is 75.1 Å². The van der Waals surface area contributed by atoms with Crippen LogP contribution in [0.2, 0.25) is 0 Å². The van der Waals surface area contributed by atoms with Crippen LogP contribution in [0.25, 0.3) is 21.8 Å². The average molecular weight is 1040 g/mol. The summed E-state index contributed by atoms with van der Waals surface area (Å²) in [5.74, 6) is -0.185. The highest BCUT2D eigenvalue weighted by Gasteiger charge is 2.32. The minimum Gasteiger partial charge on any atom is -0.490 e. The van der Waals surface area contributed by atoms with Crippen LogP contribution < -0.4 is 15.4 Å². The molecular formula is C64H70N6O7. The van der Waals surface area contributed by atoms with Gasteiger partial charge in [-0.15, -0.1) is 0 Å². The minimum absolute atomic E-state index is 0.116. The Hall–Kier alpha value is -8.06. The van der Waals surface area contributed by atoms with Crippen molar-refractivity contribution in [1.82, 2.24) is 29.7 Å². The lowest BCUT2D eigenvalue weighted by molar-refractivity contribution is -0.143. The number of para-hydroxylation sites is 1. The van der Waals surface area contributed by atoms with Crippen molar-refractivity contribution in [3.05, 3.63) is 194 Å². The SMILES string of the molecule is Cc1c(C)n(Cc2ccc(C(C)(C)C(=O)O)cc2)c2ccc(C(=O)N[C@@H](C)c3cncc(C4CC4)n3)cc12.Cc1c(C)n(Cc2ccc(C(C)(C)C(=O)O)cc2)c2ccc(C(=O)N[C@H]3COc4c(C(C)C)cccc43)cc12. The van der Waals surface area contributed by atoms with Gasteiger partial charge in [-0.3, -0.25) is 29.1 Å². The van der Waals surface area contributed by atoms with Crippen molar-refractivity contribution < 1.29 is 34.1 Å². The molecule has 2 amide bonds. The van der Waals surface area contributed by atoms with Crippen LogP contribution in [0.1, 0.15) is 173 Å².